The van der Waals surface area contributed by atoms with Crippen LogP contribution in [-0.4, -0.2) is 96.4 Å². The molecule has 8 heteroatoms. The molecule has 0 aromatic carbocycles. The minimum Gasteiger partial charge on any atom is -0.506 e. The normalized spacial score (nSPS) is 17.5. The monoisotopic (exact) mass is 470 g/mol. The van der Waals surface area contributed by atoms with Crippen LogP contribution in [0.1, 0.15) is 33.6 Å². The lowest BCUT2D eigenvalue weighted by Gasteiger charge is -2.34. The van der Waals surface area contributed by atoms with E-state index in [2.05, 4.69) is 43.7 Å². The number of aromatic hydroxyl groups is 2. The Morgan fingerprint density at radius 1 is 0.500 bits per heavy atom. The number of likely N-dealkylation sites (N-methyl/N-ethyl adjacent to an activating group) is 2. The van der Waals surface area contributed by atoms with E-state index in [1.54, 1.807) is 0 Å². The summed E-state index contributed by atoms with van der Waals surface area (Å²) in [5.41, 5.74) is 5.54. The zero-order valence-corrected chi connectivity index (χ0v) is 22.2. The van der Waals surface area contributed by atoms with Crippen LogP contribution in [0.15, 0.2) is 0 Å². The molecule has 0 unspecified atom stereocenters. The Labute approximate surface area is 204 Å². The lowest BCUT2D eigenvalue weighted by molar-refractivity contribution is 0.311. The number of pyridine rings is 2. The maximum absolute atomic E-state index is 9.86. The van der Waals surface area contributed by atoms with Crippen molar-refractivity contribution in [3.8, 4) is 11.5 Å². The second-order valence-electron chi connectivity index (χ2n) is 9.82. The number of aryl methyl sites for hydroxylation is 2. The highest BCUT2D eigenvalue weighted by Gasteiger charge is 2.21. The van der Waals surface area contributed by atoms with Gasteiger partial charge in [0.25, 0.3) is 0 Å². The van der Waals surface area contributed by atoms with Crippen molar-refractivity contribution in [2.45, 2.75) is 41.5 Å². The van der Waals surface area contributed by atoms with Crippen LogP contribution in [0.4, 0.5) is 11.6 Å². The van der Waals surface area contributed by atoms with Gasteiger partial charge in [-0.05, 0) is 77.9 Å². The molecule has 0 amide bonds. The summed E-state index contributed by atoms with van der Waals surface area (Å²) >= 11 is 0. The first-order chi connectivity index (χ1) is 16.0. The molecule has 0 radical (unpaired) electrons. The maximum atomic E-state index is 9.86. The lowest BCUT2D eigenvalue weighted by atomic mass is 10.1. The van der Waals surface area contributed by atoms with Crippen LogP contribution in [0, 0.1) is 41.5 Å². The fourth-order valence-electron chi connectivity index (χ4n) is 4.48. The van der Waals surface area contributed by atoms with Crippen LogP contribution in [-0.2, 0) is 0 Å². The van der Waals surface area contributed by atoms with Gasteiger partial charge in [0, 0.05) is 52.4 Å². The Kier molecular flexibility index (Phi) is 8.25. The highest BCUT2D eigenvalue weighted by atomic mass is 16.3. The second-order valence-corrected chi connectivity index (χ2v) is 9.82. The molecule has 2 aromatic rings. The molecule has 0 bridgehead atoms. The van der Waals surface area contributed by atoms with Crippen molar-refractivity contribution in [1.29, 1.82) is 0 Å². The third kappa shape index (κ3) is 5.55. The first-order valence-electron chi connectivity index (χ1n) is 12.2. The highest BCUT2D eigenvalue weighted by molar-refractivity contribution is 5.57. The first kappa shape index (κ1) is 26.0. The number of hydrogen-bond donors (Lipinski definition) is 2. The number of piperazine rings is 2. The van der Waals surface area contributed by atoms with Gasteiger partial charge in [0.15, 0.2) is 0 Å². The standard InChI is InChI=1S/2C13H21N3O/c2*1-9-10(2)13(14-11(3)12(9)17)16-7-5-15(4)6-8-16/h2*17H,5-8H2,1-4H3. The predicted octanol–water partition coefficient (Wildman–Crippen LogP) is 2.93. The summed E-state index contributed by atoms with van der Waals surface area (Å²) in [4.78, 5) is 18.4. The van der Waals surface area contributed by atoms with Gasteiger partial charge in [0.05, 0.1) is 11.4 Å². The summed E-state index contributed by atoms with van der Waals surface area (Å²) in [6.45, 7) is 20.0. The van der Waals surface area contributed by atoms with Crippen LogP contribution in [0.2, 0.25) is 0 Å². The Morgan fingerprint density at radius 3 is 1.09 bits per heavy atom. The number of anilines is 2. The van der Waals surface area contributed by atoms with E-state index in [1.165, 1.54) is 0 Å². The minimum atomic E-state index is 0.334. The molecule has 2 fully saturated rings. The molecule has 2 aliphatic heterocycles. The summed E-state index contributed by atoms with van der Waals surface area (Å²) in [6, 6.07) is 0. The van der Waals surface area contributed by atoms with Gasteiger partial charge >= 0.3 is 0 Å². The fourth-order valence-corrected chi connectivity index (χ4v) is 4.48. The first-order valence-corrected chi connectivity index (χ1v) is 12.2. The average Bonchev–Trinajstić information content (AvgIpc) is 2.83. The van der Waals surface area contributed by atoms with Crippen LogP contribution < -0.4 is 9.80 Å². The van der Waals surface area contributed by atoms with Crippen LogP contribution in [0.5, 0.6) is 11.5 Å². The second kappa shape index (κ2) is 10.8. The van der Waals surface area contributed by atoms with Crippen molar-refractivity contribution >= 4 is 11.6 Å². The summed E-state index contributed by atoms with van der Waals surface area (Å²) in [7, 11) is 4.29. The molecular formula is C26H42N6O2. The van der Waals surface area contributed by atoms with Crippen LogP contribution >= 0.6 is 0 Å². The molecule has 0 atom stereocenters. The van der Waals surface area contributed by atoms with Crippen molar-refractivity contribution in [1.82, 2.24) is 19.8 Å². The van der Waals surface area contributed by atoms with E-state index in [1.807, 2.05) is 41.5 Å². The topological polar surface area (TPSA) is 79.2 Å². The molecule has 188 valence electrons. The Morgan fingerprint density at radius 2 is 0.794 bits per heavy atom. The zero-order chi connectivity index (χ0) is 25.2. The van der Waals surface area contributed by atoms with Gasteiger partial charge in [0.1, 0.15) is 23.1 Å². The van der Waals surface area contributed by atoms with Gasteiger partial charge in [-0.1, -0.05) is 0 Å². The van der Waals surface area contributed by atoms with E-state index in [-0.39, 0.29) is 0 Å². The Hall–Kier alpha value is -2.58. The van der Waals surface area contributed by atoms with E-state index in [4.69, 9.17) is 0 Å². The third-order valence-electron chi connectivity index (χ3n) is 7.34. The van der Waals surface area contributed by atoms with E-state index in [9.17, 15) is 10.2 Å². The SMILES string of the molecule is Cc1nc(N2CCN(C)CC2)c(C)c(C)c1O.Cc1nc(N2CCN(C)CC2)c(C)c(C)c1O. The van der Waals surface area contributed by atoms with E-state index < -0.39 is 0 Å². The molecule has 2 aromatic heterocycles. The fraction of sp³-hybridized carbons (Fsp3) is 0.615. The van der Waals surface area contributed by atoms with E-state index >= 15 is 0 Å². The van der Waals surface area contributed by atoms with Gasteiger partial charge in [-0.3, -0.25) is 0 Å². The smallest absolute Gasteiger partial charge is 0.140 e. The van der Waals surface area contributed by atoms with E-state index in [0.717, 1.165) is 97.6 Å². The predicted molar refractivity (Wildman–Crippen MR) is 140 cm³/mol. The molecule has 0 saturated carbocycles. The Bertz CT molecular complexity index is 928. The number of aromatic nitrogens is 2. The lowest BCUT2D eigenvalue weighted by Crippen LogP contribution is -2.45. The minimum absolute atomic E-state index is 0.334. The molecule has 4 rings (SSSR count). The molecule has 0 spiro atoms. The molecule has 2 aliphatic rings. The summed E-state index contributed by atoms with van der Waals surface area (Å²) in [5, 5.41) is 19.7. The van der Waals surface area contributed by atoms with Gasteiger partial charge in [-0.15, -0.1) is 0 Å². The summed E-state index contributed by atoms with van der Waals surface area (Å²) in [5.74, 6) is 2.73. The van der Waals surface area contributed by atoms with Crippen molar-refractivity contribution in [2.75, 3.05) is 76.3 Å². The largest absolute Gasteiger partial charge is 0.506 e. The van der Waals surface area contributed by atoms with Gasteiger partial charge in [0.2, 0.25) is 0 Å². The van der Waals surface area contributed by atoms with Crippen molar-refractivity contribution in [3.05, 3.63) is 33.6 Å². The maximum Gasteiger partial charge on any atom is 0.140 e. The molecule has 34 heavy (non-hydrogen) atoms. The summed E-state index contributed by atoms with van der Waals surface area (Å²) in [6.07, 6.45) is 0. The molecule has 2 saturated heterocycles. The number of rotatable bonds is 2. The molecule has 0 aliphatic carbocycles. The van der Waals surface area contributed by atoms with Crippen LogP contribution in [0.3, 0.4) is 0 Å². The van der Waals surface area contributed by atoms with Gasteiger partial charge < -0.3 is 29.8 Å². The van der Waals surface area contributed by atoms with Crippen molar-refractivity contribution in [2.24, 2.45) is 0 Å². The number of nitrogens with zero attached hydrogens (tertiary/aromatic N) is 6. The molecule has 8 nitrogen and oxygen atoms in total. The van der Waals surface area contributed by atoms with E-state index in [0.29, 0.717) is 11.5 Å². The van der Waals surface area contributed by atoms with Gasteiger partial charge in [-0.25, -0.2) is 9.97 Å². The quantitative estimate of drug-likeness (QED) is 0.694. The van der Waals surface area contributed by atoms with Gasteiger partial charge in [-0.2, -0.15) is 0 Å². The molecule has 4 heterocycles. The molecule has 2 N–H and O–H groups in total. The molecular weight excluding hydrogens is 428 g/mol. The average molecular weight is 471 g/mol. The third-order valence-corrected chi connectivity index (χ3v) is 7.34. The van der Waals surface area contributed by atoms with Crippen molar-refractivity contribution in [3.63, 3.8) is 0 Å². The summed E-state index contributed by atoms with van der Waals surface area (Å²) < 4.78 is 0. The highest BCUT2D eigenvalue weighted by Crippen LogP contribution is 2.31. The Balaban J connectivity index is 0.000000191. The van der Waals surface area contributed by atoms with Crippen molar-refractivity contribution < 1.29 is 10.2 Å². The zero-order valence-electron chi connectivity index (χ0n) is 22.2. The van der Waals surface area contributed by atoms with Crippen LogP contribution in [0.25, 0.3) is 0 Å². The number of hydrogen-bond acceptors (Lipinski definition) is 8.